The molecule has 0 atom stereocenters. The molecule has 0 aromatic heterocycles. The maximum absolute atomic E-state index is 11.7. The molecule has 0 heterocycles. The molecule has 0 saturated carbocycles. The number of hydrogen-bond acceptors (Lipinski definition) is 3. The van der Waals surface area contributed by atoms with Crippen LogP contribution in [0.4, 0.5) is 0 Å². The van der Waals surface area contributed by atoms with Gasteiger partial charge in [0, 0.05) is 26.1 Å². The van der Waals surface area contributed by atoms with Crippen molar-refractivity contribution < 1.29 is 14.7 Å². The monoisotopic (exact) mass is 230 g/mol. The van der Waals surface area contributed by atoms with Crippen LogP contribution in [0.2, 0.25) is 0 Å². The van der Waals surface area contributed by atoms with E-state index in [9.17, 15) is 9.59 Å². The van der Waals surface area contributed by atoms with Gasteiger partial charge in [-0.2, -0.15) is 0 Å². The second kappa shape index (κ2) is 8.10. The van der Waals surface area contributed by atoms with Crippen LogP contribution in [-0.4, -0.2) is 60.5 Å². The Morgan fingerprint density at radius 1 is 1.06 bits per heavy atom. The smallest absolute Gasteiger partial charge is 0.303 e. The van der Waals surface area contributed by atoms with E-state index >= 15 is 0 Å². The number of rotatable bonds is 8. The van der Waals surface area contributed by atoms with Gasteiger partial charge >= 0.3 is 5.97 Å². The molecule has 0 rings (SSSR count). The van der Waals surface area contributed by atoms with Crippen LogP contribution in [0.5, 0.6) is 0 Å². The molecule has 0 bridgehead atoms. The molecular formula is C11H22N2O3. The van der Waals surface area contributed by atoms with Crippen molar-refractivity contribution in [3.05, 3.63) is 0 Å². The lowest BCUT2D eigenvalue weighted by Gasteiger charge is -2.23. The minimum atomic E-state index is -0.919. The summed E-state index contributed by atoms with van der Waals surface area (Å²) in [4.78, 5) is 25.8. The van der Waals surface area contributed by atoms with Crippen LogP contribution < -0.4 is 0 Å². The summed E-state index contributed by atoms with van der Waals surface area (Å²) >= 11 is 0. The van der Waals surface area contributed by atoms with Crippen LogP contribution in [0.15, 0.2) is 0 Å². The third-order valence-corrected chi connectivity index (χ3v) is 2.22. The van der Waals surface area contributed by atoms with Crippen molar-refractivity contribution in [2.75, 3.05) is 33.7 Å². The topological polar surface area (TPSA) is 60.9 Å². The van der Waals surface area contributed by atoms with Gasteiger partial charge in [-0.1, -0.05) is 6.92 Å². The second-order valence-corrected chi connectivity index (χ2v) is 4.08. The van der Waals surface area contributed by atoms with Gasteiger partial charge in [-0.15, -0.1) is 0 Å². The molecule has 94 valence electrons. The van der Waals surface area contributed by atoms with Crippen molar-refractivity contribution in [2.45, 2.75) is 26.2 Å². The molecule has 16 heavy (non-hydrogen) atoms. The summed E-state index contributed by atoms with van der Waals surface area (Å²) < 4.78 is 0. The zero-order valence-electron chi connectivity index (χ0n) is 10.4. The fraction of sp³-hybridized carbons (Fsp3) is 0.818. The first-order valence-corrected chi connectivity index (χ1v) is 5.61. The van der Waals surface area contributed by atoms with Gasteiger partial charge < -0.3 is 14.9 Å². The molecule has 0 aliphatic heterocycles. The maximum Gasteiger partial charge on any atom is 0.303 e. The Morgan fingerprint density at radius 2 is 1.69 bits per heavy atom. The van der Waals surface area contributed by atoms with Gasteiger partial charge in [0.15, 0.2) is 0 Å². The normalized spacial score (nSPS) is 10.5. The van der Waals surface area contributed by atoms with Crippen LogP contribution in [0, 0.1) is 0 Å². The zero-order chi connectivity index (χ0) is 12.6. The molecule has 5 nitrogen and oxygen atoms in total. The lowest BCUT2D eigenvalue weighted by atomic mass is 10.2. The molecule has 0 aliphatic carbocycles. The van der Waals surface area contributed by atoms with E-state index in [2.05, 4.69) is 0 Å². The lowest BCUT2D eigenvalue weighted by Crippen LogP contribution is -2.37. The number of likely N-dealkylation sites (N-methyl/N-ethyl adjacent to an activating group) is 1. The molecule has 0 fully saturated rings. The van der Waals surface area contributed by atoms with Crippen molar-refractivity contribution in [1.82, 2.24) is 9.80 Å². The standard InChI is InChI=1S/C11H22N2O3/c1-4-7-13(9-8-12(2)3)10(14)5-6-11(15)16/h4-9H2,1-3H3,(H,15,16). The SMILES string of the molecule is CCCN(CCN(C)C)C(=O)CCC(=O)O. The van der Waals surface area contributed by atoms with Gasteiger partial charge in [0.2, 0.25) is 5.91 Å². The zero-order valence-corrected chi connectivity index (χ0v) is 10.4. The molecule has 1 amide bonds. The van der Waals surface area contributed by atoms with E-state index in [1.54, 1.807) is 4.90 Å². The Morgan fingerprint density at radius 3 is 2.12 bits per heavy atom. The fourth-order valence-electron chi connectivity index (χ4n) is 1.32. The van der Waals surface area contributed by atoms with Crippen molar-refractivity contribution in [3.8, 4) is 0 Å². The molecule has 0 aromatic carbocycles. The van der Waals surface area contributed by atoms with Crippen molar-refractivity contribution in [3.63, 3.8) is 0 Å². The van der Waals surface area contributed by atoms with Gasteiger partial charge in [-0.25, -0.2) is 0 Å². The van der Waals surface area contributed by atoms with E-state index in [0.29, 0.717) is 13.1 Å². The number of nitrogens with zero attached hydrogens (tertiary/aromatic N) is 2. The van der Waals surface area contributed by atoms with Crippen LogP contribution in [-0.2, 0) is 9.59 Å². The summed E-state index contributed by atoms with van der Waals surface area (Å²) in [5.41, 5.74) is 0. The van der Waals surface area contributed by atoms with E-state index in [1.165, 1.54) is 0 Å². The summed E-state index contributed by atoms with van der Waals surface area (Å²) in [6, 6.07) is 0. The van der Waals surface area contributed by atoms with Crippen molar-refractivity contribution in [1.29, 1.82) is 0 Å². The van der Waals surface area contributed by atoms with Crippen LogP contribution in [0.3, 0.4) is 0 Å². The van der Waals surface area contributed by atoms with Crippen molar-refractivity contribution >= 4 is 11.9 Å². The number of amides is 1. The van der Waals surface area contributed by atoms with E-state index < -0.39 is 5.97 Å². The summed E-state index contributed by atoms with van der Waals surface area (Å²) in [5.74, 6) is -0.983. The summed E-state index contributed by atoms with van der Waals surface area (Å²) in [6.07, 6.45) is 0.913. The summed E-state index contributed by atoms with van der Waals surface area (Å²) in [5, 5.41) is 8.51. The maximum atomic E-state index is 11.7. The van der Waals surface area contributed by atoms with Crippen LogP contribution in [0.1, 0.15) is 26.2 Å². The molecule has 0 spiro atoms. The Labute approximate surface area is 97.0 Å². The molecule has 5 heteroatoms. The number of aliphatic carboxylic acids is 1. The van der Waals surface area contributed by atoms with Gasteiger partial charge in [-0.3, -0.25) is 9.59 Å². The Hall–Kier alpha value is -1.10. The lowest BCUT2D eigenvalue weighted by molar-refractivity contribution is -0.141. The molecule has 0 aromatic rings. The van der Waals surface area contributed by atoms with Gasteiger partial charge in [0.1, 0.15) is 0 Å². The third kappa shape index (κ3) is 7.23. The highest BCUT2D eigenvalue weighted by Crippen LogP contribution is 2.00. The first kappa shape index (κ1) is 14.9. The molecule has 0 aliphatic rings. The number of carbonyl (C=O) groups excluding carboxylic acids is 1. The van der Waals surface area contributed by atoms with Crippen LogP contribution in [0.25, 0.3) is 0 Å². The molecule has 1 N–H and O–H groups in total. The Bertz CT molecular complexity index is 229. The second-order valence-electron chi connectivity index (χ2n) is 4.08. The average Bonchev–Trinajstić information content (AvgIpc) is 2.20. The van der Waals surface area contributed by atoms with E-state index in [4.69, 9.17) is 5.11 Å². The summed E-state index contributed by atoms with van der Waals surface area (Å²) in [7, 11) is 3.90. The fourth-order valence-corrected chi connectivity index (χ4v) is 1.32. The average molecular weight is 230 g/mol. The van der Waals surface area contributed by atoms with Gasteiger partial charge in [-0.05, 0) is 20.5 Å². The van der Waals surface area contributed by atoms with E-state index in [-0.39, 0.29) is 18.7 Å². The molecule has 0 saturated heterocycles. The quantitative estimate of drug-likeness (QED) is 0.665. The van der Waals surface area contributed by atoms with E-state index in [1.807, 2.05) is 25.9 Å². The van der Waals surface area contributed by atoms with Gasteiger partial charge in [0.05, 0.1) is 6.42 Å². The highest BCUT2D eigenvalue weighted by Gasteiger charge is 2.13. The Kier molecular flexibility index (Phi) is 7.54. The number of carboxylic acid groups (broad SMARTS) is 1. The van der Waals surface area contributed by atoms with Crippen molar-refractivity contribution in [2.24, 2.45) is 0 Å². The van der Waals surface area contributed by atoms with Gasteiger partial charge in [0.25, 0.3) is 0 Å². The first-order valence-electron chi connectivity index (χ1n) is 5.61. The molecular weight excluding hydrogens is 208 g/mol. The van der Waals surface area contributed by atoms with E-state index in [0.717, 1.165) is 13.0 Å². The highest BCUT2D eigenvalue weighted by atomic mass is 16.4. The number of carbonyl (C=O) groups is 2. The largest absolute Gasteiger partial charge is 0.481 e. The Balaban J connectivity index is 4.07. The van der Waals surface area contributed by atoms with Crippen LogP contribution >= 0.6 is 0 Å². The summed E-state index contributed by atoms with van der Waals surface area (Å²) in [6.45, 7) is 4.18. The number of hydrogen-bond donors (Lipinski definition) is 1. The minimum Gasteiger partial charge on any atom is -0.481 e. The predicted octanol–water partition coefficient (Wildman–Crippen LogP) is 0.651. The minimum absolute atomic E-state index is 0.0638. The highest BCUT2D eigenvalue weighted by molar-refractivity contribution is 5.80. The first-order chi connectivity index (χ1) is 7.47. The third-order valence-electron chi connectivity index (χ3n) is 2.22. The number of carboxylic acids is 1. The molecule has 0 radical (unpaired) electrons. The molecule has 0 unspecified atom stereocenters. The predicted molar refractivity (Wildman–Crippen MR) is 62.3 cm³/mol.